The fraction of sp³-hybridized carbons (Fsp3) is 0.357. The van der Waals surface area contributed by atoms with E-state index in [4.69, 9.17) is 0 Å². The van der Waals surface area contributed by atoms with E-state index in [1.165, 1.54) is 11.1 Å². The van der Waals surface area contributed by atoms with E-state index in [0.29, 0.717) is 6.04 Å². The van der Waals surface area contributed by atoms with Gasteiger partial charge in [-0.3, -0.25) is 4.68 Å². The van der Waals surface area contributed by atoms with E-state index in [-0.39, 0.29) is 0 Å². The number of halogens is 1. The van der Waals surface area contributed by atoms with Crippen molar-refractivity contribution in [2.24, 2.45) is 0 Å². The summed E-state index contributed by atoms with van der Waals surface area (Å²) in [6.45, 7) is 4.41. The van der Waals surface area contributed by atoms with Gasteiger partial charge in [-0.15, -0.1) is 0 Å². The molecule has 0 aliphatic carbocycles. The van der Waals surface area contributed by atoms with Crippen LogP contribution in [0.4, 0.5) is 0 Å². The Morgan fingerprint density at radius 1 is 1.12 bits per heavy atom. The van der Waals surface area contributed by atoms with Crippen LogP contribution >= 0.6 is 15.9 Å². The van der Waals surface area contributed by atoms with Crippen molar-refractivity contribution in [2.45, 2.75) is 32.7 Å². The number of hydrogen-bond donors (Lipinski definition) is 0. The van der Waals surface area contributed by atoms with Gasteiger partial charge in [-0.2, -0.15) is 5.10 Å². The molecule has 0 saturated carbocycles. The summed E-state index contributed by atoms with van der Waals surface area (Å²) in [5.41, 5.74) is 2.40. The zero-order valence-corrected chi connectivity index (χ0v) is 11.8. The molecule has 0 radical (unpaired) electrons. The number of hydrogen-bond acceptors (Lipinski definition) is 1. The highest BCUT2D eigenvalue weighted by Crippen LogP contribution is 2.23. The predicted octanol–water partition coefficient (Wildman–Crippen LogP) is 4.67. The number of rotatable bonds is 4. The lowest BCUT2D eigenvalue weighted by atomic mass is 10.1. The average Bonchev–Trinajstić information content (AvgIpc) is 2.81. The third-order valence-corrected chi connectivity index (χ3v) is 3.62. The van der Waals surface area contributed by atoms with Gasteiger partial charge in [0.15, 0.2) is 0 Å². The second-order valence-corrected chi connectivity index (χ2v) is 5.10. The molecule has 0 spiro atoms. The molecule has 0 aliphatic heterocycles. The molecule has 0 fully saturated rings. The van der Waals surface area contributed by atoms with Crippen molar-refractivity contribution in [1.29, 1.82) is 0 Å². The molecule has 17 heavy (non-hydrogen) atoms. The topological polar surface area (TPSA) is 17.8 Å². The Balaban J connectivity index is 2.26. The van der Waals surface area contributed by atoms with Gasteiger partial charge >= 0.3 is 0 Å². The van der Waals surface area contributed by atoms with Gasteiger partial charge in [0.05, 0.1) is 12.2 Å². The molecular weight excluding hydrogens is 276 g/mol. The lowest BCUT2D eigenvalue weighted by molar-refractivity contribution is 0.428. The van der Waals surface area contributed by atoms with Crippen LogP contribution in [-0.2, 0) is 0 Å². The van der Waals surface area contributed by atoms with E-state index in [2.05, 4.69) is 70.0 Å². The van der Waals surface area contributed by atoms with E-state index in [0.717, 1.165) is 17.3 Å². The van der Waals surface area contributed by atoms with Gasteiger partial charge < -0.3 is 0 Å². The van der Waals surface area contributed by atoms with Gasteiger partial charge in [0.1, 0.15) is 0 Å². The summed E-state index contributed by atoms with van der Waals surface area (Å²) in [6, 6.07) is 8.85. The molecule has 1 heterocycles. The van der Waals surface area contributed by atoms with Crippen molar-refractivity contribution >= 4 is 15.9 Å². The molecule has 3 heteroatoms. The van der Waals surface area contributed by atoms with Crippen molar-refractivity contribution < 1.29 is 0 Å². The molecule has 2 nitrogen and oxygen atoms in total. The Kier molecular flexibility index (Phi) is 4.00. The normalized spacial score (nSPS) is 11.1. The summed E-state index contributed by atoms with van der Waals surface area (Å²) in [7, 11) is 0. The monoisotopic (exact) mass is 292 g/mol. The Morgan fingerprint density at radius 3 is 2.35 bits per heavy atom. The summed E-state index contributed by atoms with van der Waals surface area (Å²) >= 11 is 3.45. The van der Waals surface area contributed by atoms with Gasteiger partial charge in [0, 0.05) is 16.2 Å². The van der Waals surface area contributed by atoms with Crippen LogP contribution in [-0.4, -0.2) is 9.78 Å². The van der Waals surface area contributed by atoms with E-state index >= 15 is 0 Å². The molecule has 1 aromatic heterocycles. The van der Waals surface area contributed by atoms with E-state index in [9.17, 15) is 0 Å². The highest BCUT2D eigenvalue weighted by molar-refractivity contribution is 9.10. The van der Waals surface area contributed by atoms with Gasteiger partial charge in [0.2, 0.25) is 0 Å². The molecule has 2 rings (SSSR count). The summed E-state index contributed by atoms with van der Waals surface area (Å²) in [5, 5.41) is 4.46. The van der Waals surface area contributed by atoms with Crippen molar-refractivity contribution in [2.75, 3.05) is 0 Å². The van der Waals surface area contributed by atoms with Crippen LogP contribution in [0.25, 0.3) is 11.1 Å². The van der Waals surface area contributed by atoms with Crippen LogP contribution in [0.2, 0.25) is 0 Å². The van der Waals surface area contributed by atoms with Crippen LogP contribution in [0.3, 0.4) is 0 Å². The Labute approximate surface area is 111 Å². The van der Waals surface area contributed by atoms with E-state index in [1.54, 1.807) is 0 Å². The maximum atomic E-state index is 4.46. The van der Waals surface area contributed by atoms with Crippen molar-refractivity contribution in [3.63, 3.8) is 0 Å². The van der Waals surface area contributed by atoms with Crippen LogP contribution in [0.1, 0.15) is 32.7 Å². The van der Waals surface area contributed by atoms with Crippen LogP contribution in [0, 0.1) is 0 Å². The van der Waals surface area contributed by atoms with E-state index in [1.807, 2.05) is 6.20 Å². The van der Waals surface area contributed by atoms with Crippen LogP contribution in [0.15, 0.2) is 41.1 Å². The molecule has 0 saturated heterocycles. The first-order valence-electron chi connectivity index (χ1n) is 6.04. The highest BCUT2D eigenvalue weighted by Gasteiger charge is 2.08. The molecule has 0 bridgehead atoms. The van der Waals surface area contributed by atoms with Gasteiger partial charge in [-0.1, -0.05) is 41.9 Å². The lowest BCUT2D eigenvalue weighted by Crippen LogP contribution is -2.06. The summed E-state index contributed by atoms with van der Waals surface area (Å²) < 4.78 is 3.19. The zero-order chi connectivity index (χ0) is 12.3. The molecule has 0 unspecified atom stereocenters. The Morgan fingerprint density at radius 2 is 1.76 bits per heavy atom. The van der Waals surface area contributed by atoms with Crippen LogP contribution in [0.5, 0.6) is 0 Å². The zero-order valence-electron chi connectivity index (χ0n) is 10.2. The second-order valence-electron chi connectivity index (χ2n) is 4.19. The van der Waals surface area contributed by atoms with Gasteiger partial charge in [-0.25, -0.2) is 0 Å². The molecule has 2 aromatic rings. The number of aromatic nitrogens is 2. The minimum absolute atomic E-state index is 0.513. The third-order valence-electron chi connectivity index (χ3n) is 3.10. The van der Waals surface area contributed by atoms with Crippen molar-refractivity contribution in [1.82, 2.24) is 9.78 Å². The highest BCUT2D eigenvalue weighted by atomic mass is 79.9. The molecule has 0 atom stereocenters. The second kappa shape index (κ2) is 5.50. The smallest absolute Gasteiger partial charge is 0.0568 e. The lowest BCUT2D eigenvalue weighted by Gasteiger charge is -2.12. The SMILES string of the molecule is CCC(CC)n1cc(-c2ccc(Br)cc2)cn1. The number of benzene rings is 1. The standard InChI is InChI=1S/C14H17BrN2/c1-3-14(4-2)17-10-12(9-16-17)11-5-7-13(15)8-6-11/h5-10,14H,3-4H2,1-2H3. The quantitative estimate of drug-likeness (QED) is 0.800. The first kappa shape index (κ1) is 12.4. The Hall–Kier alpha value is -1.09. The van der Waals surface area contributed by atoms with Crippen LogP contribution < -0.4 is 0 Å². The fourth-order valence-electron chi connectivity index (χ4n) is 1.99. The minimum atomic E-state index is 0.513. The first-order valence-corrected chi connectivity index (χ1v) is 6.84. The third kappa shape index (κ3) is 2.78. The molecule has 0 aliphatic rings. The maximum Gasteiger partial charge on any atom is 0.0568 e. The maximum absolute atomic E-state index is 4.46. The fourth-order valence-corrected chi connectivity index (χ4v) is 2.26. The number of nitrogens with zero attached hydrogens (tertiary/aromatic N) is 2. The molecule has 0 N–H and O–H groups in total. The molecular formula is C14H17BrN2. The summed E-state index contributed by atoms with van der Waals surface area (Å²) in [6.07, 6.45) is 6.33. The average molecular weight is 293 g/mol. The predicted molar refractivity (Wildman–Crippen MR) is 75.0 cm³/mol. The van der Waals surface area contributed by atoms with Gasteiger partial charge in [0.25, 0.3) is 0 Å². The molecule has 90 valence electrons. The minimum Gasteiger partial charge on any atom is -0.269 e. The van der Waals surface area contributed by atoms with E-state index < -0.39 is 0 Å². The molecule has 0 amide bonds. The summed E-state index contributed by atoms with van der Waals surface area (Å²) in [4.78, 5) is 0. The summed E-state index contributed by atoms with van der Waals surface area (Å²) in [5.74, 6) is 0. The first-order chi connectivity index (χ1) is 8.24. The largest absolute Gasteiger partial charge is 0.269 e. The van der Waals surface area contributed by atoms with Crippen molar-refractivity contribution in [3.8, 4) is 11.1 Å². The Bertz CT molecular complexity index is 469. The molecule has 1 aromatic carbocycles. The van der Waals surface area contributed by atoms with Crippen molar-refractivity contribution in [3.05, 3.63) is 41.1 Å². The van der Waals surface area contributed by atoms with Gasteiger partial charge in [-0.05, 0) is 30.5 Å².